The van der Waals surface area contributed by atoms with Crippen molar-refractivity contribution in [3.05, 3.63) is 47.4 Å². The van der Waals surface area contributed by atoms with E-state index in [0.717, 1.165) is 17.8 Å². The molecule has 0 radical (unpaired) electrons. The molecular weight excluding hydrogens is 346 g/mol. The lowest BCUT2D eigenvalue weighted by Crippen LogP contribution is -2.42. The van der Waals surface area contributed by atoms with E-state index >= 15 is 0 Å². The molecule has 2 N–H and O–H groups in total. The summed E-state index contributed by atoms with van der Waals surface area (Å²) in [6, 6.07) is 7.37. The van der Waals surface area contributed by atoms with Crippen molar-refractivity contribution in [2.45, 2.75) is 13.3 Å². The lowest BCUT2D eigenvalue weighted by molar-refractivity contribution is 0.0648. The predicted molar refractivity (Wildman–Crippen MR) is 98.2 cm³/mol. The second-order valence-electron chi connectivity index (χ2n) is 6.46. The fraction of sp³-hybridized carbons (Fsp3) is 0.278. The van der Waals surface area contributed by atoms with Gasteiger partial charge in [-0.05, 0) is 25.5 Å². The average Bonchev–Trinajstić information content (AvgIpc) is 3.20. The molecule has 1 aliphatic heterocycles. The van der Waals surface area contributed by atoms with Crippen molar-refractivity contribution < 1.29 is 9.59 Å². The smallest absolute Gasteiger partial charge is 0.275 e. The van der Waals surface area contributed by atoms with Gasteiger partial charge in [0.25, 0.3) is 11.8 Å². The van der Waals surface area contributed by atoms with Crippen LogP contribution in [0.4, 0.5) is 5.82 Å². The van der Waals surface area contributed by atoms with E-state index in [2.05, 4.69) is 25.6 Å². The van der Waals surface area contributed by atoms with Crippen LogP contribution in [-0.4, -0.2) is 54.8 Å². The van der Waals surface area contributed by atoms with E-state index in [1.54, 1.807) is 18.0 Å². The van der Waals surface area contributed by atoms with E-state index in [1.807, 2.05) is 25.1 Å². The molecule has 2 amide bonds. The lowest BCUT2D eigenvalue weighted by Gasteiger charge is -2.30. The van der Waals surface area contributed by atoms with E-state index in [4.69, 9.17) is 0 Å². The summed E-state index contributed by atoms with van der Waals surface area (Å²) in [5, 5.41) is 13.8. The first-order valence-corrected chi connectivity index (χ1v) is 8.65. The molecule has 1 saturated heterocycles. The number of rotatable bonds is 4. The normalized spacial score (nSPS) is 13.3. The number of nitrogens with zero attached hydrogens (tertiary/aromatic N) is 5. The number of aromatic nitrogens is 5. The minimum absolute atomic E-state index is 0.175. The number of carbonyl (C=O) groups is 2. The van der Waals surface area contributed by atoms with Crippen molar-refractivity contribution in [2.75, 3.05) is 18.4 Å². The highest BCUT2D eigenvalue weighted by Gasteiger charge is 2.28. The third-order valence-corrected chi connectivity index (χ3v) is 4.51. The molecule has 1 fully saturated rings. The summed E-state index contributed by atoms with van der Waals surface area (Å²) in [6.45, 7) is 3.32. The van der Waals surface area contributed by atoms with Gasteiger partial charge in [0, 0.05) is 31.9 Å². The molecule has 27 heavy (non-hydrogen) atoms. The number of hydrogen-bond acceptors (Lipinski definition) is 5. The van der Waals surface area contributed by atoms with Gasteiger partial charge in [0.2, 0.25) is 0 Å². The summed E-state index contributed by atoms with van der Waals surface area (Å²) < 4.78 is 1.40. The number of aromatic amines is 1. The van der Waals surface area contributed by atoms with Crippen LogP contribution in [0.25, 0.3) is 11.4 Å². The van der Waals surface area contributed by atoms with Crippen LogP contribution in [0, 0.1) is 6.92 Å². The van der Waals surface area contributed by atoms with E-state index in [0.29, 0.717) is 30.2 Å². The molecule has 0 aromatic carbocycles. The highest BCUT2D eigenvalue weighted by molar-refractivity contribution is 6.11. The van der Waals surface area contributed by atoms with Crippen LogP contribution in [0.2, 0.25) is 0 Å². The number of carbonyl (C=O) groups excluding carboxylic acids is 2. The first-order valence-electron chi connectivity index (χ1n) is 8.65. The molecule has 0 saturated carbocycles. The Kier molecular flexibility index (Phi) is 4.19. The number of anilines is 1. The summed E-state index contributed by atoms with van der Waals surface area (Å²) >= 11 is 0. The average molecular weight is 365 g/mol. The van der Waals surface area contributed by atoms with Crippen LogP contribution >= 0.6 is 0 Å². The molecule has 1 aliphatic rings. The molecule has 0 bridgehead atoms. The topological polar surface area (TPSA) is 109 Å². The molecule has 9 heteroatoms. The fourth-order valence-electron chi connectivity index (χ4n) is 2.94. The van der Waals surface area contributed by atoms with Gasteiger partial charge in [-0.2, -0.15) is 10.2 Å². The van der Waals surface area contributed by atoms with E-state index in [-0.39, 0.29) is 11.6 Å². The van der Waals surface area contributed by atoms with Gasteiger partial charge in [-0.15, -0.1) is 0 Å². The summed E-state index contributed by atoms with van der Waals surface area (Å²) in [5.41, 5.74) is 2.82. The van der Waals surface area contributed by atoms with Crippen LogP contribution in [0.15, 0.2) is 30.5 Å². The SMILES string of the molecule is Cc1cccc(-c2cc(NC(=O)c3c(C(=O)N4CCC4)cnn3C)n[nH]2)n1. The van der Waals surface area contributed by atoms with Gasteiger partial charge in [-0.25, -0.2) is 0 Å². The van der Waals surface area contributed by atoms with E-state index in [9.17, 15) is 9.59 Å². The van der Waals surface area contributed by atoms with Gasteiger partial charge in [0.15, 0.2) is 5.82 Å². The van der Waals surface area contributed by atoms with Crippen LogP contribution in [0.1, 0.15) is 33.0 Å². The molecule has 9 nitrogen and oxygen atoms in total. The van der Waals surface area contributed by atoms with Crippen molar-refractivity contribution in [1.29, 1.82) is 0 Å². The van der Waals surface area contributed by atoms with Crippen molar-refractivity contribution in [1.82, 2.24) is 29.9 Å². The predicted octanol–water partition coefficient (Wildman–Crippen LogP) is 1.61. The first-order chi connectivity index (χ1) is 13.0. The summed E-state index contributed by atoms with van der Waals surface area (Å²) in [7, 11) is 1.63. The van der Waals surface area contributed by atoms with Gasteiger partial charge < -0.3 is 10.2 Å². The van der Waals surface area contributed by atoms with Crippen molar-refractivity contribution >= 4 is 17.6 Å². The van der Waals surface area contributed by atoms with Crippen LogP contribution < -0.4 is 5.32 Å². The second-order valence-corrected chi connectivity index (χ2v) is 6.46. The Bertz CT molecular complexity index is 1020. The minimum Gasteiger partial charge on any atom is -0.338 e. The molecule has 0 aliphatic carbocycles. The highest BCUT2D eigenvalue weighted by Crippen LogP contribution is 2.20. The Morgan fingerprint density at radius 2 is 2.07 bits per heavy atom. The molecule has 4 heterocycles. The van der Waals surface area contributed by atoms with Gasteiger partial charge in [-0.1, -0.05) is 6.07 Å². The molecule has 4 rings (SSSR count). The Morgan fingerprint density at radius 1 is 1.26 bits per heavy atom. The zero-order valence-electron chi connectivity index (χ0n) is 15.1. The monoisotopic (exact) mass is 365 g/mol. The molecule has 0 spiro atoms. The van der Waals surface area contributed by atoms with Crippen LogP contribution in [0.3, 0.4) is 0 Å². The van der Waals surface area contributed by atoms with Gasteiger partial charge in [0.1, 0.15) is 5.69 Å². The lowest BCUT2D eigenvalue weighted by atomic mass is 10.1. The zero-order valence-corrected chi connectivity index (χ0v) is 15.1. The molecule has 3 aromatic rings. The largest absolute Gasteiger partial charge is 0.338 e. The van der Waals surface area contributed by atoms with Crippen LogP contribution in [0.5, 0.6) is 0 Å². The van der Waals surface area contributed by atoms with E-state index < -0.39 is 5.91 Å². The van der Waals surface area contributed by atoms with Crippen LogP contribution in [-0.2, 0) is 7.05 Å². The van der Waals surface area contributed by atoms with Gasteiger partial charge in [0.05, 0.1) is 23.1 Å². The highest BCUT2D eigenvalue weighted by atomic mass is 16.2. The molecule has 3 aromatic heterocycles. The fourth-order valence-corrected chi connectivity index (χ4v) is 2.94. The maximum absolute atomic E-state index is 12.7. The first kappa shape index (κ1) is 17.0. The Balaban J connectivity index is 1.55. The van der Waals surface area contributed by atoms with Crippen molar-refractivity contribution in [2.24, 2.45) is 7.05 Å². The molecule has 0 unspecified atom stereocenters. The number of likely N-dealkylation sites (tertiary alicyclic amines) is 1. The summed E-state index contributed by atoms with van der Waals surface area (Å²) in [5.74, 6) is -0.262. The zero-order chi connectivity index (χ0) is 19.0. The Labute approximate surface area is 155 Å². The summed E-state index contributed by atoms with van der Waals surface area (Å²) in [6.07, 6.45) is 2.42. The van der Waals surface area contributed by atoms with Gasteiger partial charge in [-0.3, -0.25) is 24.4 Å². The Hall–Kier alpha value is -3.49. The molecular formula is C18H19N7O2. The van der Waals surface area contributed by atoms with Crippen molar-refractivity contribution in [3.63, 3.8) is 0 Å². The van der Waals surface area contributed by atoms with Gasteiger partial charge >= 0.3 is 0 Å². The number of H-pyrrole nitrogens is 1. The number of hydrogen-bond donors (Lipinski definition) is 2. The standard InChI is InChI=1S/C18H19N7O2/c1-11-5-3-6-13(20-11)14-9-15(23-22-14)21-17(26)16-12(10-19-24(16)2)18(27)25-7-4-8-25/h3,5-6,9-10H,4,7-8H2,1-2H3,(H2,21,22,23,26). The maximum atomic E-state index is 12.7. The number of amides is 2. The molecule has 138 valence electrons. The summed E-state index contributed by atoms with van der Waals surface area (Å²) in [4.78, 5) is 31.4. The Morgan fingerprint density at radius 3 is 2.78 bits per heavy atom. The second kappa shape index (κ2) is 6.67. The third-order valence-electron chi connectivity index (χ3n) is 4.51. The molecule has 0 atom stereocenters. The third kappa shape index (κ3) is 3.19. The quantitative estimate of drug-likeness (QED) is 0.730. The maximum Gasteiger partial charge on any atom is 0.275 e. The minimum atomic E-state index is -0.436. The van der Waals surface area contributed by atoms with E-state index in [1.165, 1.54) is 10.9 Å². The number of aryl methyl sites for hydroxylation is 2. The number of nitrogens with one attached hydrogen (secondary N) is 2. The number of pyridine rings is 1. The van der Waals surface area contributed by atoms with Crippen molar-refractivity contribution in [3.8, 4) is 11.4 Å².